The van der Waals surface area contributed by atoms with Gasteiger partial charge >= 0.3 is 0 Å². The Morgan fingerprint density at radius 2 is 1.91 bits per heavy atom. The average Bonchev–Trinajstić information content (AvgIpc) is 3.37. The van der Waals surface area contributed by atoms with Crippen molar-refractivity contribution in [3.05, 3.63) is 42.1 Å². The minimum atomic E-state index is 0.231. The van der Waals surface area contributed by atoms with Gasteiger partial charge < -0.3 is 15.3 Å². The Labute approximate surface area is 187 Å². The van der Waals surface area contributed by atoms with Crippen molar-refractivity contribution in [2.45, 2.75) is 32.2 Å². The van der Waals surface area contributed by atoms with E-state index in [9.17, 15) is 5.11 Å². The first kappa shape index (κ1) is 19.5. The molecular formula is C25H28N6O. The van der Waals surface area contributed by atoms with Gasteiger partial charge in [-0.05, 0) is 69.0 Å². The van der Waals surface area contributed by atoms with Gasteiger partial charge in [-0.3, -0.25) is 4.68 Å². The molecule has 2 N–H and O–H groups in total. The maximum absolute atomic E-state index is 10.8. The largest absolute Gasteiger partial charge is 0.507 e. The van der Waals surface area contributed by atoms with Crippen LogP contribution in [0.5, 0.6) is 5.75 Å². The zero-order valence-corrected chi connectivity index (χ0v) is 18.5. The summed E-state index contributed by atoms with van der Waals surface area (Å²) in [7, 11) is 1.89. The van der Waals surface area contributed by atoms with Crippen molar-refractivity contribution < 1.29 is 5.11 Å². The Morgan fingerprint density at radius 3 is 2.75 bits per heavy atom. The van der Waals surface area contributed by atoms with Crippen molar-refractivity contribution in [1.82, 2.24) is 25.1 Å². The molecule has 2 aliphatic rings. The third kappa shape index (κ3) is 3.46. The Kier molecular flexibility index (Phi) is 4.54. The first-order chi connectivity index (χ1) is 15.5. The Bertz CT molecular complexity index is 1330. The van der Waals surface area contributed by atoms with Gasteiger partial charge in [0.2, 0.25) is 0 Å². The maximum atomic E-state index is 10.8. The van der Waals surface area contributed by atoms with E-state index < -0.39 is 0 Å². The van der Waals surface area contributed by atoms with E-state index in [-0.39, 0.29) is 5.75 Å². The molecule has 3 aromatic heterocycles. The van der Waals surface area contributed by atoms with Crippen LogP contribution in [0.1, 0.15) is 24.8 Å². The molecule has 32 heavy (non-hydrogen) atoms. The van der Waals surface area contributed by atoms with Gasteiger partial charge in [0.15, 0.2) is 0 Å². The van der Waals surface area contributed by atoms with Gasteiger partial charge in [-0.2, -0.15) is 5.10 Å². The summed E-state index contributed by atoms with van der Waals surface area (Å²) in [6, 6.07) is 10.6. The standard InChI is InChI=1S/C25H28N6O/c1-15-24-17(13-30(2)29-24)11-19(25(15)32)20-5-6-22-21(27-20)7-8-23(28-22)31-10-9-18(14-31)26-12-16-3-4-16/h5-8,11,13,16,18,26,32H,3-4,9-10,12,14H2,1-2H3/t18-/m0/s1. The second kappa shape index (κ2) is 7.45. The van der Waals surface area contributed by atoms with Crippen molar-refractivity contribution in [2.75, 3.05) is 24.5 Å². The molecule has 164 valence electrons. The van der Waals surface area contributed by atoms with Gasteiger partial charge in [0.25, 0.3) is 0 Å². The number of nitrogens with zero attached hydrogens (tertiary/aromatic N) is 5. The molecule has 4 heterocycles. The molecule has 2 fully saturated rings. The summed E-state index contributed by atoms with van der Waals surface area (Å²) in [5, 5.41) is 20.0. The molecule has 7 heteroatoms. The number of nitrogens with one attached hydrogen (secondary N) is 1. The van der Waals surface area contributed by atoms with Crippen molar-refractivity contribution in [3.8, 4) is 17.0 Å². The van der Waals surface area contributed by atoms with Crippen LogP contribution in [-0.4, -0.2) is 50.5 Å². The smallest absolute Gasteiger partial charge is 0.130 e. The van der Waals surface area contributed by atoms with Crippen LogP contribution in [0.3, 0.4) is 0 Å². The normalized spacial score (nSPS) is 18.8. The maximum Gasteiger partial charge on any atom is 0.130 e. The number of aromatic hydroxyl groups is 1. The van der Waals surface area contributed by atoms with Gasteiger partial charge in [0, 0.05) is 48.9 Å². The van der Waals surface area contributed by atoms with Crippen LogP contribution in [0, 0.1) is 12.8 Å². The molecule has 1 saturated heterocycles. The number of hydrogen-bond acceptors (Lipinski definition) is 6. The van der Waals surface area contributed by atoms with Gasteiger partial charge in [-0.15, -0.1) is 0 Å². The summed E-state index contributed by atoms with van der Waals surface area (Å²) in [6.07, 6.45) is 5.90. The fourth-order valence-corrected chi connectivity index (χ4v) is 4.75. The summed E-state index contributed by atoms with van der Waals surface area (Å²) in [5.74, 6) is 2.15. The summed E-state index contributed by atoms with van der Waals surface area (Å²) in [4.78, 5) is 12.1. The highest BCUT2D eigenvalue weighted by molar-refractivity contribution is 5.91. The molecule has 6 rings (SSSR count). The summed E-state index contributed by atoms with van der Waals surface area (Å²) < 4.78 is 1.77. The number of pyridine rings is 2. The number of fused-ring (bicyclic) bond motifs is 2. The third-order valence-electron chi connectivity index (χ3n) is 6.83. The van der Waals surface area contributed by atoms with E-state index in [0.29, 0.717) is 6.04 Å². The lowest BCUT2D eigenvalue weighted by molar-refractivity contribution is 0.474. The molecular weight excluding hydrogens is 400 g/mol. The number of aromatic nitrogens is 4. The predicted octanol–water partition coefficient (Wildman–Crippen LogP) is 3.78. The second-order valence-electron chi connectivity index (χ2n) is 9.33. The Balaban J connectivity index is 1.28. The molecule has 0 spiro atoms. The first-order valence-electron chi connectivity index (χ1n) is 11.5. The fourth-order valence-electron chi connectivity index (χ4n) is 4.75. The lowest BCUT2D eigenvalue weighted by atomic mass is 10.0. The van der Waals surface area contributed by atoms with Crippen LogP contribution in [-0.2, 0) is 7.05 Å². The lowest BCUT2D eigenvalue weighted by Gasteiger charge is -2.18. The number of phenolic OH excluding ortho intramolecular Hbond substituents is 1. The van der Waals surface area contributed by atoms with E-state index in [1.54, 1.807) is 4.68 Å². The number of anilines is 1. The van der Waals surface area contributed by atoms with Crippen LogP contribution >= 0.6 is 0 Å². The fraction of sp³-hybridized carbons (Fsp3) is 0.400. The summed E-state index contributed by atoms with van der Waals surface area (Å²) in [6.45, 7) is 5.10. The van der Waals surface area contributed by atoms with Crippen molar-refractivity contribution in [3.63, 3.8) is 0 Å². The molecule has 1 atom stereocenters. The monoisotopic (exact) mass is 428 g/mol. The number of benzene rings is 1. The molecule has 0 radical (unpaired) electrons. The quantitative estimate of drug-likeness (QED) is 0.504. The molecule has 0 amide bonds. The van der Waals surface area contributed by atoms with E-state index in [0.717, 1.165) is 70.1 Å². The second-order valence-corrected chi connectivity index (χ2v) is 9.33. The highest BCUT2D eigenvalue weighted by Crippen LogP contribution is 2.36. The van der Waals surface area contributed by atoms with Crippen LogP contribution in [0.15, 0.2) is 36.5 Å². The lowest BCUT2D eigenvalue weighted by Crippen LogP contribution is -2.34. The molecule has 0 unspecified atom stereocenters. The number of phenols is 1. The minimum Gasteiger partial charge on any atom is -0.507 e. The molecule has 1 aliphatic heterocycles. The summed E-state index contributed by atoms with van der Waals surface area (Å²) >= 11 is 0. The molecule has 7 nitrogen and oxygen atoms in total. The van der Waals surface area contributed by atoms with Gasteiger partial charge in [-0.1, -0.05) is 0 Å². The van der Waals surface area contributed by atoms with Crippen LogP contribution < -0.4 is 10.2 Å². The van der Waals surface area contributed by atoms with Crippen LogP contribution in [0.2, 0.25) is 0 Å². The van der Waals surface area contributed by atoms with Crippen LogP contribution in [0.4, 0.5) is 5.82 Å². The van der Waals surface area contributed by atoms with Crippen molar-refractivity contribution in [1.29, 1.82) is 0 Å². The predicted molar refractivity (Wildman–Crippen MR) is 127 cm³/mol. The topological polar surface area (TPSA) is 79.1 Å². The summed E-state index contributed by atoms with van der Waals surface area (Å²) in [5.41, 5.74) is 4.75. The molecule has 1 aliphatic carbocycles. The molecule has 0 bridgehead atoms. The number of hydrogen-bond donors (Lipinski definition) is 2. The van der Waals surface area contributed by atoms with Crippen molar-refractivity contribution >= 4 is 27.8 Å². The van der Waals surface area contributed by atoms with E-state index in [1.807, 2.05) is 44.4 Å². The zero-order chi connectivity index (χ0) is 21.8. The molecule has 4 aromatic rings. The molecule has 1 saturated carbocycles. The highest BCUT2D eigenvalue weighted by Gasteiger charge is 2.27. The minimum absolute atomic E-state index is 0.231. The SMILES string of the molecule is Cc1c(O)c(-c2ccc3nc(N4CC[C@H](NCC5CC5)C4)ccc3n2)cc2cn(C)nc12. The number of rotatable bonds is 5. The third-order valence-corrected chi connectivity index (χ3v) is 6.83. The van der Waals surface area contributed by atoms with Crippen LogP contribution in [0.25, 0.3) is 33.2 Å². The van der Waals surface area contributed by atoms with Gasteiger partial charge in [0.05, 0.1) is 22.2 Å². The highest BCUT2D eigenvalue weighted by atomic mass is 16.3. The van der Waals surface area contributed by atoms with E-state index in [2.05, 4.69) is 21.4 Å². The Hall–Kier alpha value is -3.19. The average molecular weight is 429 g/mol. The Morgan fingerprint density at radius 1 is 1.09 bits per heavy atom. The first-order valence-corrected chi connectivity index (χ1v) is 11.5. The van der Waals surface area contributed by atoms with Crippen molar-refractivity contribution in [2.24, 2.45) is 13.0 Å². The molecule has 1 aromatic carbocycles. The van der Waals surface area contributed by atoms with E-state index in [1.165, 1.54) is 19.3 Å². The van der Waals surface area contributed by atoms with Gasteiger partial charge in [-0.25, -0.2) is 9.97 Å². The zero-order valence-electron chi connectivity index (χ0n) is 18.5. The van der Waals surface area contributed by atoms with E-state index >= 15 is 0 Å². The van der Waals surface area contributed by atoms with Gasteiger partial charge in [0.1, 0.15) is 11.6 Å². The van der Waals surface area contributed by atoms with E-state index in [4.69, 9.17) is 9.97 Å². The number of aryl methyl sites for hydroxylation is 2.